The van der Waals surface area contributed by atoms with Crippen molar-refractivity contribution in [2.24, 2.45) is 17.7 Å². The van der Waals surface area contributed by atoms with Gasteiger partial charge in [-0.2, -0.15) is 0 Å². The number of carbonyl (C=O) groups excluding carboxylic acids is 2. The highest BCUT2D eigenvalue weighted by Crippen LogP contribution is 2.42. The number of nitrogens with two attached hydrogens (primary N) is 1. The largest absolute Gasteiger partial charge is 0.458 e. The van der Waals surface area contributed by atoms with E-state index in [1.807, 2.05) is 0 Å². The van der Waals surface area contributed by atoms with Gasteiger partial charge in [-0.15, -0.1) is 0 Å². The first kappa shape index (κ1) is 26.6. The van der Waals surface area contributed by atoms with E-state index in [-0.39, 0.29) is 13.2 Å². The first-order chi connectivity index (χ1) is 16.2. The molecule has 0 aromatic carbocycles. The van der Waals surface area contributed by atoms with Gasteiger partial charge in [-0.25, -0.2) is 16.2 Å². The Balaban J connectivity index is 1.38. The number of amides is 1. The molecule has 13 heteroatoms. The molecule has 4 aliphatic rings. The van der Waals surface area contributed by atoms with E-state index >= 15 is 0 Å². The van der Waals surface area contributed by atoms with Gasteiger partial charge in [-0.1, -0.05) is 0 Å². The van der Waals surface area contributed by atoms with Gasteiger partial charge in [0.1, 0.15) is 23.9 Å². The smallest absolute Gasteiger partial charge is 0.336 e. The molecule has 0 aliphatic carbocycles. The second-order valence-corrected chi connectivity index (χ2v) is 11.0. The molecular weight excluding hydrogens is 468 g/mol. The van der Waals surface area contributed by atoms with Crippen molar-refractivity contribution < 1.29 is 52.4 Å². The van der Waals surface area contributed by atoms with Crippen molar-refractivity contribution >= 4 is 11.9 Å². The molecule has 0 saturated carbocycles. The Labute approximate surface area is 204 Å². The molecule has 35 heavy (non-hydrogen) atoms. The SMILES string of the molecule is CC(C)(C)OC(=O)[C@H]1O[C@@H]2OC(C)(C)O[C@@H]2[C@@H]1CONC(=O)[C@H]1O[C@@H]2OC(C)(C)O[C@@H]2[C@@H]1CON. The number of hydroxylamine groups is 1. The number of rotatable bonds is 7. The summed E-state index contributed by atoms with van der Waals surface area (Å²) in [6, 6.07) is 0. The summed E-state index contributed by atoms with van der Waals surface area (Å²) in [6.07, 6.45) is -4.62. The number of carbonyl (C=O) groups is 2. The lowest BCUT2D eigenvalue weighted by molar-refractivity contribution is -0.223. The minimum absolute atomic E-state index is 0.0138. The van der Waals surface area contributed by atoms with Crippen molar-refractivity contribution in [3.05, 3.63) is 0 Å². The molecule has 4 fully saturated rings. The van der Waals surface area contributed by atoms with Crippen LogP contribution in [0.4, 0.5) is 0 Å². The zero-order valence-electron chi connectivity index (χ0n) is 21.1. The molecule has 1 amide bonds. The molecule has 8 atom stereocenters. The fourth-order valence-electron chi connectivity index (χ4n) is 4.73. The molecule has 0 bridgehead atoms. The van der Waals surface area contributed by atoms with Crippen LogP contribution < -0.4 is 11.4 Å². The van der Waals surface area contributed by atoms with Crippen LogP contribution in [0.25, 0.3) is 0 Å². The van der Waals surface area contributed by atoms with Crippen LogP contribution >= 0.6 is 0 Å². The van der Waals surface area contributed by atoms with Gasteiger partial charge in [0, 0.05) is 0 Å². The van der Waals surface area contributed by atoms with Crippen LogP contribution in [-0.2, 0) is 52.4 Å². The van der Waals surface area contributed by atoms with Gasteiger partial charge in [0.05, 0.1) is 25.0 Å². The minimum atomic E-state index is -0.998. The van der Waals surface area contributed by atoms with Crippen LogP contribution in [0.15, 0.2) is 0 Å². The van der Waals surface area contributed by atoms with Crippen molar-refractivity contribution in [1.29, 1.82) is 0 Å². The van der Waals surface area contributed by atoms with Crippen LogP contribution in [0.2, 0.25) is 0 Å². The third kappa shape index (κ3) is 5.78. The van der Waals surface area contributed by atoms with Crippen molar-refractivity contribution in [1.82, 2.24) is 5.48 Å². The maximum absolute atomic E-state index is 12.9. The summed E-state index contributed by atoms with van der Waals surface area (Å²) in [5.74, 6) is 1.26. The molecule has 13 nitrogen and oxygen atoms in total. The molecule has 3 N–H and O–H groups in total. The van der Waals surface area contributed by atoms with Gasteiger partial charge in [0.25, 0.3) is 5.91 Å². The summed E-state index contributed by atoms with van der Waals surface area (Å²) in [5, 5.41) is 0. The van der Waals surface area contributed by atoms with E-state index < -0.39 is 77.9 Å². The third-order valence-electron chi connectivity index (χ3n) is 5.99. The lowest BCUT2D eigenvalue weighted by Crippen LogP contribution is -2.45. The number of ether oxygens (including phenoxy) is 7. The summed E-state index contributed by atoms with van der Waals surface area (Å²) in [5.41, 5.74) is 1.67. The Bertz CT molecular complexity index is 814. The van der Waals surface area contributed by atoms with Crippen molar-refractivity contribution in [2.45, 2.75) is 103 Å². The molecule has 0 aromatic rings. The Kier molecular flexibility index (Phi) is 7.21. The third-order valence-corrected chi connectivity index (χ3v) is 5.99. The standard InChI is InChI=1S/C22H36N2O11/c1-20(2,3)33-17(26)13-11(15-19(30-13)35-22(6,7)32-15)9-28-24-16(25)12-10(8-27-23)14-18(29-12)34-21(4,5)31-14/h10-15,18-19H,8-9,23H2,1-7H3,(H,24,25)/t10-,11-,12+,13+,14-,15-,18-,19-/m1/s1. The normalized spacial score (nSPS) is 39.3. The van der Waals surface area contributed by atoms with Crippen LogP contribution in [0.5, 0.6) is 0 Å². The van der Waals surface area contributed by atoms with Crippen LogP contribution in [0, 0.1) is 11.8 Å². The van der Waals surface area contributed by atoms with Gasteiger partial charge < -0.3 is 38.0 Å². The topological polar surface area (TPSA) is 155 Å². The van der Waals surface area contributed by atoms with E-state index in [1.165, 1.54) is 0 Å². The molecule has 4 rings (SSSR count). The van der Waals surface area contributed by atoms with Crippen LogP contribution in [0.3, 0.4) is 0 Å². The van der Waals surface area contributed by atoms with Gasteiger partial charge in [0.2, 0.25) is 0 Å². The molecule has 4 aliphatic heterocycles. The zero-order chi connectivity index (χ0) is 25.8. The summed E-state index contributed by atoms with van der Waals surface area (Å²) in [4.78, 5) is 35.9. The van der Waals surface area contributed by atoms with Crippen molar-refractivity contribution in [3.8, 4) is 0 Å². The summed E-state index contributed by atoms with van der Waals surface area (Å²) in [6.45, 7) is 12.2. The fourth-order valence-corrected chi connectivity index (χ4v) is 4.73. The molecule has 0 unspecified atom stereocenters. The summed E-state index contributed by atoms with van der Waals surface area (Å²) in [7, 11) is 0. The molecule has 4 heterocycles. The van der Waals surface area contributed by atoms with Gasteiger partial charge in [0.15, 0.2) is 30.3 Å². The number of esters is 1. The first-order valence-electron chi connectivity index (χ1n) is 11.7. The second-order valence-electron chi connectivity index (χ2n) is 11.0. The average molecular weight is 505 g/mol. The predicted molar refractivity (Wildman–Crippen MR) is 114 cm³/mol. The van der Waals surface area contributed by atoms with Crippen molar-refractivity contribution in [2.75, 3.05) is 13.2 Å². The van der Waals surface area contributed by atoms with E-state index in [1.54, 1.807) is 48.5 Å². The van der Waals surface area contributed by atoms with Crippen LogP contribution in [-0.4, -0.2) is 79.3 Å². The average Bonchev–Trinajstić information content (AvgIpc) is 3.37. The molecule has 0 spiro atoms. The van der Waals surface area contributed by atoms with Crippen molar-refractivity contribution in [3.63, 3.8) is 0 Å². The van der Waals surface area contributed by atoms with E-state index in [9.17, 15) is 9.59 Å². The Morgan fingerprint density at radius 2 is 1.37 bits per heavy atom. The van der Waals surface area contributed by atoms with Crippen LogP contribution in [0.1, 0.15) is 48.5 Å². The quantitative estimate of drug-likeness (QED) is 0.361. The highest BCUT2D eigenvalue weighted by Gasteiger charge is 2.59. The van der Waals surface area contributed by atoms with E-state index in [2.05, 4.69) is 5.48 Å². The number of hydrogen-bond acceptors (Lipinski definition) is 12. The second kappa shape index (κ2) is 9.47. The van der Waals surface area contributed by atoms with Gasteiger partial charge >= 0.3 is 5.97 Å². The molecular formula is C22H36N2O11. The molecule has 0 radical (unpaired) electrons. The maximum atomic E-state index is 12.9. The molecule has 0 aromatic heterocycles. The van der Waals surface area contributed by atoms with E-state index in [0.717, 1.165) is 0 Å². The molecule has 4 saturated heterocycles. The molecule has 200 valence electrons. The highest BCUT2D eigenvalue weighted by atomic mass is 16.8. The fraction of sp³-hybridized carbons (Fsp3) is 0.909. The monoisotopic (exact) mass is 504 g/mol. The Hall–Kier alpha value is -1.42. The Morgan fingerprint density at radius 3 is 1.89 bits per heavy atom. The Morgan fingerprint density at radius 1 is 0.857 bits per heavy atom. The first-order valence-corrected chi connectivity index (χ1v) is 11.7. The number of nitrogens with one attached hydrogen (secondary N) is 1. The summed E-state index contributed by atoms with van der Waals surface area (Å²) >= 11 is 0. The predicted octanol–water partition coefficient (Wildman–Crippen LogP) is 0.251. The number of hydrogen-bond donors (Lipinski definition) is 2. The lowest BCUT2D eigenvalue weighted by atomic mass is 9.99. The van der Waals surface area contributed by atoms with Gasteiger partial charge in [-0.05, 0) is 48.5 Å². The van der Waals surface area contributed by atoms with Gasteiger partial charge in [-0.3, -0.25) is 9.63 Å². The minimum Gasteiger partial charge on any atom is -0.458 e. The van der Waals surface area contributed by atoms with E-state index in [4.69, 9.17) is 48.7 Å². The maximum Gasteiger partial charge on any atom is 0.336 e. The number of fused-ring (bicyclic) bond motifs is 2. The highest BCUT2D eigenvalue weighted by molar-refractivity contribution is 5.80. The lowest BCUT2D eigenvalue weighted by Gasteiger charge is -2.27. The zero-order valence-corrected chi connectivity index (χ0v) is 21.1. The van der Waals surface area contributed by atoms with E-state index in [0.29, 0.717) is 0 Å². The summed E-state index contributed by atoms with van der Waals surface area (Å²) < 4.78 is 40.3.